The van der Waals surface area contributed by atoms with Crippen molar-refractivity contribution in [3.8, 4) is 0 Å². The summed E-state index contributed by atoms with van der Waals surface area (Å²) in [6, 6.07) is 0. The molecule has 0 fully saturated rings. The molecule has 0 atom stereocenters. The third kappa shape index (κ3) is 3.94. The van der Waals surface area contributed by atoms with Crippen molar-refractivity contribution in [3.63, 3.8) is 0 Å². The van der Waals surface area contributed by atoms with E-state index in [1.807, 2.05) is 13.0 Å². The van der Waals surface area contributed by atoms with Crippen LogP contribution >= 0.6 is 0 Å². The van der Waals surface area contributed by atoms with E-state index in [0.717, 1.165) is 17.2 Å². The molecule has 0 bridgehead atoms. The highest BCUT2D eigenvalue weighted by Crippen LogP contribution is 2.22. The molecular weight excluding hydrogens is 236 g/mol. The molecule has 106 valence electrons. The normalized spacial score (nSPS) is 21.8. The highest BCUT2D eigenvalue weighted by atomic mass is 15.1. The number of nitrogens with zero attached hydrogens (tertiary/aromatic N) is 2. The Bertz CT molecular complexity index is 465. The van der Waals surface area contributed by atoms with Crippen molar-refractivity contribution in [3.05, 3.63) is 23.7 Å². The molecule has 0 aliphatic carbocycles. The predicted molar refractivity (Wildman–Crippen MR) is 82.9 cm³/mol. The number of nitrogens with two attached hydrogens (primary N) is 1. The lowest BCUT2D eigenvalue weighted by atomic mass is 9.93. The summed E-state index contributed by atoms with van der Waals surface area (Å²) in [5.74, 6) is 1.63. The van der Waals surface area contributed by atoms with E-state index in [0.29, 0.717) is 5.84 Å². The van der Waals surface area contributed by atoms with Gasteiger partial charge in [0.05, 0.1) is 5.70 Å². The van der Waals surface area contributed by atoms with Crippen LogP contribution in [0.25, 0.3) is 0 Å². The van der Waals surface area contributed by atoms with E-state index >= 15 is 0 Å². The molecule has 4 nitrogen and oxygen atoms in total. The van der Waals surface area contributed by atoms with E-state index in [1.165, 1.54) is 0 Å². The van der Waals surface area contributed by atoms with E-state index in [-0.39, 0.29) is 10.8 Å². The van der Waals surface area contributed by atoms with Crippen molar-refractivity contribution in [2.24, 2.45) is 26.5 Å². The number of nitrogens with one attached hydrogen (secondary N) is 1. The summed E-state index contributed by atoms with van der Waals surface area (Å²) in [6.07, 6.45) is 3.68. The third-order valence-electron chi connectivity index (χ3n) is 2.90. The molecule has 0 saturated carbocycles. The Kier molecular flexibility index (Phi) is 4.23. The van der Waals surface area contributed by atoms with Gasteiger partial charge in [-0.1, -0.05) is 47.6 Å². The van der Waals surface area contributed by atoms with Gasteiger partial charge in [-0.25, -0.2) is 9.98 Å². The zero-order chi connectivity index (χ0) is 14.8. The maximum absolute atomic E-state index is 6.00. The van der Waals surface area contributed by atoms with Crippen LogP contribution in [0.5, 0.6) is 0 Å². The van der Waals surface area contributed by atoms with Crippen LogP contribution in [0.4, 0.5) is 0 Å². The molecule has 0 aromatic heterocycles. The van der Waals surface area contributed by atoms with Crippen LogP contribution in [0, 0.1) is 10.8 Å². The summed E-state index contributed by atoms with van der Waals surface area (Å²) in [7, 11) is 0. The van der Waals surface area contributed by atoms with Gasteiger partial charge in [0.25, 0.3) is 0 Å². The second kappa shape index (κ2) is 5.19. The Hall–Kier alpha value is -1.58. The first-order valence-corrected chi connectivity index (χ1v) is 6.62. The molecule has 0 saturated heterocycles. The third-order valence-corrected chi connectivity index (χ3v) is 2.90. The minimum Gasteiger partial charge on any atom is -0.400 e. The lowest BCUT2D eigenvalue weighted by Crippen LogP contribution is -2.30. The van der Waals surface area contributed by atoms with Crippen LogP contribution in [0.3, 0.4) is 0 Å². The molecule has 0 radical (unpaired) electrons. The molecule has 19 heavy (non-hydrogen) atoms. The highest BCUT2D eigenvalue weighted by Gasteiger charge is 2.26. The molecule has 1 rings (SSSR count). The van der Waals surface area contributed by atoms with Crippen LogP contribution in [0.1, 0.15) is 48.5 Å². The zero-order valence-electron chi connectivity index (χ0n) is 13.1. The van der Waals surface area contributed by atoms with Gasteiger partial charge in [0, 0.05) is 22.7 Å². The molecule has 0 aromatic rings. The summed E-state index contributed by atoms with van der Waals surface area (Å²) in [6.45, 7) is 14.5. The fourth-order valence-corrected chi connectivity index (χ4v) is 1.36. The van der Waals surface area contributed by atoms with Gasteiger partial charge in [0.2, 0.25) is 0 Å². The summed E-state index contributed by atoms with van der Waals surface area (Å²) in [5, 5.41) is 3.30. The van der Waals surface area contributed by atoms with Gasteiger partial charge in [0.1, 0.15) is 5.84 Å². The number of amidine groups is 2. The average molecular weight is 262 g/mol. The summed E-state index contributed by atoms with van der Waals surface area (Å²) in [5.41, 5.74) is 7.58. The van der Waals surface area contributed by atoms with Crippen LogP contribution < -0.4 is 11.1 Å². The molecule has 4 heteroatoms. The van der Waals surface area contributed by atoms with Crippen molar-refractivity contribution in [2.45, 2.75) is 48.5 Å². The van der Waals surface area contributed by atoms with Crippen molar-refractivity contribution >= 4 is 11.7 Å². The zero-order valence-corrected chi connectivity index (χ0v) is 13.1. The standard InChI is InChI=1S/C15H26N4/c1-8-10-12(17-9-11(16)14(2,3)4)19-13(18-10)15(5,6)7/h8-9H,16H2,1-7H3,(H,17,18,19)/b10-8+,11-9-. The van der Waals surface area contributed by atoms with Gasteiger partial charge in [-0.05, 0) is 6.92 Å². The molecule has 0 aromatic carbocycles. The molecule has 0 spiro atoms. The average Bonchev–Trinajstić information content (AvgIpc) is 2.67. The van der Waals surface area contributed by atoms with Crippen molar-refractivity contribution in [1.29, 1.82) is 0 Å². The SMILES string of the molecule is C/C=C1/NC(C(C)(C)C)=N/C1=N/C=C(\N)C(C)(C)C. The minimum atomic E-state index is -0.0806. The van der Waals surface area contributed by atoms with E-state index in [9.17, 15) is 0 Å². The molecule has 1 aliphatic heterocycles. The fraction of sp³-hybridized carbons (Fsp3) is 0.600. The maximum atomic E-state index is 6.00. The Balaban J connectivity index is 3.09. The molecule has 3 N–H and O–H groups in total. The Morgan fingerprint density at radius 3 is 2.21 bits per heavy atom. The smallest absolute Gasteiger partial charge is 0.177 e. The van der Waals surface area contributed by atoms with E-state index in [4.69, 9.17) is 5.73 Å². The van der Waals surface area contributed by atoms with E-state index < -0.39 is 0 Å². The van der Waals surface area contributed by atoms with Crippen LogP contribution in [0.15, 0.2) is 33.7 Å². The Morgan fingerprint density at radius 1 is 1.21 bits per heavy atom. The largest absolute Gasteiger partial charge is 0.400 e. The topological polar surface area (TPSA) is 62.8 Å². The lowest BCUT2D eigenvalue weighted by molar-refractivity contribution is 0.496. The summed E-state index contributed by atoms with van der Waals surface area (Å²) in [4.78, 5) is 8.97. The van der Waals surface area contributed by atoms with Gasteiger partial charge in [0.15, 0.2) is 5.84 Å². The number of aliphatic imine (C=N–C) groups is 2. The van der Waals surface area contributed by atoms with Gasteiger partial charge < -0.3 is 11.1 Å². The van der Waals surface area contributed by atoms with Crippen LogP contribution in [-0.4, -0.2) is 11.7 Å². The molecule has 1 heterocycles. The van der Waals surface area contributed by atoms with E-state index in [2.05, 4.69) is 56.8 Å². The molecule has 0 amide bonds. The number of allylic oxidation sites excluding steroid dienone is 2. The quantitative estimate of drug-likeness (QED) is 0.762. The molecule has 1 aliphatic rings. The van der Waals surface area contributed by atoms with Gasteiger partial charge >= 0.3 is 0 Å². The molecule has 0 unspecified atom stereocenters. The molecular formula is C15H26N4. The highest BCUT2D eigenvalue weighted by molar-refractivity contribution is 6.15. The lowest BCUT2D eigenvalue weighted by Gasteiger charge is -2.17. The second-order valence-electron chi connectivity index (χ2n) is 6.82. The van der Waals surface area contributed by atoms with Crippen molar-refractivity contribution in [1.82, 2.24) is 5.32 Å². The summed E-state index contributed by atoms with van der Waals surface area (Å²) >= 11 is 0. The minimum absolute atomic E-state index is 0.0230. The van der Waals surface area contributed by atoms with Gasteiger partial charge in [-0.2, -0.15) is 0 Å². The Morgan fingerprint density at radius 2 is 1.79 bits per heavy atom. The number of rotatable bonds is 1. The Labute approximate surface area is 116 Å². The second-order valence-corrected chi connectivity index (χ2v) is 6.82. The monoisotopic (exact) mass is 262 g/mol. The number of hydrogen-bond donors (Lipinski definition) is 2. The maximum Gasteiger partial charge on any atom is 0.177 e. The van der Waals surface area contributed by atoms with Crippen molar-refractivity contribution in [2.75, 3.05) is 0 Å². The van der Waals surface area contributed by atoms with Crippen LogP contribution in [0.2, 0.25) is 0 Å². The van der Waals surface area contributed by atoms with E-state index in [1.54, 1.807) is 6.20 Å². The van der Waals surface area contributed by atoms with Gasteiger partial charge in [-0.15, -0.1) is 0 Å². The first-order valence-electron chi connectivity index (χ1n) is 6.62. The van der Waals surface area contributed by atoms with Crippen molar-refractivity contribution < 1.29 is 0 Å². The first-order chi connectivity index (χ1) is 8.55. The van der Waals surface area contributed by atoms with Gasteiger partial charge in [-0.3, -0.25) is 0 Å². The fourth-order valence-electron chi connectivity index (χ4n) is 1.36. The number of hydrogen-bond acceptors (Lipinski definition) is 3. The van der Waals surface area contributed by atoms with Crippen LogP contribution in [-0.2, 0) is 0 Å². The summed E-state index contributed by atoms with van der Waals surface area (Å²) < 4.78 is 0. The predicted octanol–water partition coefficient (Wildman–Crippen LogP) is 3.18. The first kappa shape index (κ1) is 15.5.